The molecule has 0 unspecified atom stereocenters. The van der Waals surface area contributed by atoms with E-state index in [2.05, 4.69) is 27.8 Å². The van der Waals surface area contributed by atoms with E-state index in [0.29, 0.717) is 29.9 Å². The van der Waals surface area contributed by atoms with Crippen LogP contribution >= 0.6 is 0 Å². The van der Waals surface area contributed by atoms with Crippen molar-refractivity contribution in [1.82, 2.24) is 20.2 Å². The third-order valence-electron chi connectivity index (χ3n) is 4.84. The zero-order valence-electron chi connectivity index (χ0n) is 13.6. The number of aromatic nitrogens is 4. The van der Waals surface area contributed by atoms with Gasteiger partial charge in [-0.15, -0.1) is 5.10 Å². The second-order valence-corrected chi connectivity index (χ2v) is 6.95. The number of nitrogens with one attached hydrogen (secondary N) is 1. The van der Waals surface area contributed by atoms with Gasteiger partial charge in [0.2, 0.25) is 5.91 Å². The SMILES string of the molecule is C[C@H](CC(=O)Nc1cc(-n2nnnc2C2CC2)ccc1F)C1CC1. The molecule has 1 atom stereocenters. The number of amides is 1. The quantitative estimate of drug-likeness (QED) is 0.884. The van der Waals surface area contributed by atoms with Crippen molar-refractivity contribution in [2.75, 3.05) is 5.32 Å². The molecule has 126 valence electrons. The molecule has 0 radical (unpaired) electrons. The fraction of sp³-hybridized carbons (Fsp3) is 0.529. The van der Waals surface area contributed by atoms with Gasteiger partial charge in [-0.3, -0.25) is 4.79 Å². The van der Waals surface area contributed by atoms with E-state index in [4.69, 9.17) is 0 Å². The van der Waals surface area contributed by atoms with Crippen LogP contribution in [0.1, 0.15) is 50.8 Å². The Morgan fingerprint density at radius 1 is 1.38 bits per heavy atom. The Labute approximate surface area is 139 Å². The summed E-state index contributed by atoms with van der Waals surface area (Å²) in [5.74, 6) is 1.56. The summed E-state index contributed by atoms with van der Waals surface area (Å²) in [7, 11) is 0. The molecule has 2 fully saturated rings. The first-order valence-electron chi connectivity index (χ1n) is 8.50. The highest BCUT2D eigenvalue weighted by Crippen LogP contribution is 2.39. The lowest BCUT2D eigenvalue weighted by Gasteiger charge is -2.12. The Morgan fingerprint density at radius 3 is 2.88 bits per heavy atom. The Hall–Kier alpha value is -2.31. The van der Waals surface area contributed by atoms with Crippen molar-refractivity contribution < 1.29 is 9.18 Å². The summed E-state index contributed by atoms with van der Waals surface area (Å²) in [6.07, 6.45) is 4.96. The molecule has 7 heteroatoms. The first-order valence-corrected chi connectivity index (χ1v) is 8.50. The topological polar surface area (TPSA) is 72.7 Å². The second kappa shape index (κ2) is 5.96. The molecule has 0 saturated heterocycles. The summed E-state index contributed by atoms with van der Waals surface area (Å²) in [4.78, 5) is 12.2. The minimum absolute atomic E-state index is 0.149. The van der Waals surface area contributed by atoms with Gasteiger partial charge in [-0.1, -0.05) is 6.92 Å². The highest BCUT2D eigenvalue weighted by atomic mass is 19.1. The normalized spacial score (nSPS) is 18.4. The standard InChI is InChI=1S/C17H20FN5O/c1-10(11-2-3-11)8-16(24)19-15-9-13(6-7-14(15)18)23-17(12-4-5-12)20-21-22-23/h6-7,9-12H,2-5,8H2,1H3,(H,19,24)/t10-/m1/s1. The molecule has 2 aromatic rings. The molecule has 1 heterocycles. The van der Waals surface area contributed by atoms with E-state index in [1.165, 1.54) is 18.9 Å². The van der Waals surface area contributed by atoms with Crippen LogP contribution in [-0.2, 0) is 4.79 Å². The highest BCUT2D eigenvalue weighted by molar-refractivity contribution is 5.91. The van der Waals surface area contributed by atoms with E-state index >= 15 is 0 Å². The fourth-order valence-electron chi connectivity index (χ4n) is 3.04. The minimum atomic E-state index is -0.452. The number of rotatable bonds is 6. The Kier molecular flexibility index (Phi) is 3.78. The Morgan fingerprint density at radius 2 is 2.17 bits per heavy atom. The van der Waals surface area contributed by atoms with Crippen molar-refractivity contribution in [2.24, 2.45) is 11.8 Å². The predicted molar refractivity (Wildman–Crippen MR) is 86.2 cm³/mol. The molecule has 2 saturated carbocycles. The van der Waals surface area contributed by atoms with Gasteiger partial charge in [0.15, 0.2) is 5.82 Å². The average Bonchev–Trinajstić information content (AvgIpc) is 3.47. The molecule has 2 aliphatic carbocycles. The molecule has 1 aromatic carbocycles. The smallest absolute Gasteiger partial charge is 0.224 e. The molecule has 4 rings (SSSR count). The van der Waals surface area contributed by atoms with Crippen molar-refractivity contribution in [2.45, 2.75) is 44.9 Å². The van der Waals surface area contributed by atoms with Crippen molar-refractivity contribution >= 4 is 11.6 Å². The third kappa shape index (κ3) is 3.16. The summed E-state index contributed by atoms with van der Waals surface area (Å²) < 4.78 is 15.7. The molecule has 1 amide bonds. The van der Waals surface area contributed by atoms with Gasteiger partial charge in [0.25, 0.3) is 0 Å². The number of nitrogens with zero attached hydrogens (tertiary/aromatic N) is 4. The lowest BCUT2D eigenvalue weighted by molar-refractivity contribution is -0.117. The van der Waals surface area contributed by atoms with Gasteiger partial charge < -0.3 is 5.32 Å². The highest BCUT2D eigenvalue weighted by Gasteiger charge is 2.31. The molecule has 1 aromatic heterocycles. The van der Waals surface area contributed by atoms with Crippen molar-refractivity contribution in [3.8, 4) is 5.69 Å². The number of anilines is 1. The summed E-state index contributed by atoms with van der Waals surface area (Å²) in [6, 6.07) is 4.56. The van der Waals surface area contributed by atoms with Crippen LogP contribution in [0, 0.1) is 17.7 Å². The summed E-state index contributed by atoms with van der Waals surface area (Å²) >= 11 is 0. The van der Waals surface area contributed by atoms with Crippen LogP contribution in [0.5, 0.6) is 0 Å². The van der Waals surface area contributed by atoms with E-state index in [1.807, 2.05) is 0 Å². The van der Waals surface area contributed by atoms with Crippen molar-refractivity contribution in [1.29, 1.82) is 0 Å². The number of halogens is 1. The van der Waals surface area contributed by atoms with Gasteiger partial charge in [-0.05, 0) is 66.1 Å². The molecule has 24 heavy (non-hydrogen) atoms. The van der Waals surface area contributed by atoms with Crippen LogP contribution in [0.25, 0.3) is 5.69 Å². The first kappa shape index (κ1) is 15.2. The molecule has 6 nitrogen and oxygen atoms in total. The van der Waals surface area contributed by atoms with Gasteiger partial charge >= 0.3 is 0 Å². The summed E-state index contributed by atoms with van der Waals surface area (Å²) in [5.41, 5.74) is 0.839. The van der Waals surface area contributed by atoms with E-state index in [9.17, 15) is 9.18 Å². The summed E-state index contributed by atoms with van der Waals surface area (Å²) in [5, 5.41) is 14.5. The molecule has 2 aliphatic rings. The van der Waals surface area contributed by atoms with Crippen molar-refractivity contribution in [3.05, 3.63) is 29.8 Å². The number of hydrogen-bond donors (Lipinski definition) is 1. The van der Waals surface area contributed by atoms with Crippen LogP contribution < -0.4 is 5.32 Å². The number of carbonyl (C=O) groups is 1. The van der Waals surface area contributed by atoms with Gasteiger partial charge in [-0.25, -0.2) is 4.39 Å². The molecule has 0 bridgehead atoms. The lowest BCUT2D eigenvalue weighted by Crippen LogP contribution is -2.17. The van der Waals surface area contributed by atoms with E-state index in [1.54, 1.807) is 16.8 Å². The number of hydrogen-bond acceptors (Lipinski definition) is 4. The van der Waals surface area contributed by atoms with Gasteiger partial charge in [0, 0.05) is 12.3 Å². The summed E-state index contributed by atoms with van der Waals surface area (Å²) in [6.45, 7) is 2.08. The lowest BCUT2D eigenvalue weighted by atomic mass is 10.0. The van der Waals surface area contributed by atoms with E-state index in [0.717, 1.165) is 18.7 Å². The van der Waals surface area contributed by atoms with Crippen LogP contribution in [0.2, 0.25) is 0 Å². The Balaban J connectivity index is 1.52. The average molecular weight is 329 g/mol. The van der Waals surface area contributed by atoms with Crippen LogP contribution in [0.15, 0.2) is 18.2 Å². The third-order valence-corrected chi connectivity index (χ3v) is 4.84. The van der Waals surface area contributed by atoms with E-state index < -0.39 is 5.82 Å². The molecular weight excluding hydrogens is 309 g/mol. The maximum absolute atomic E-state index is 14.1. The molecule has 0 spiro atoms. The monoisotopic (exact) mass is 329 g/mol. The fourth-order valence-corrected chi connectivity index (χ4v) is 3.04. The second-order valence-electron chi connectivity index (χ2n) is 6.95. The number of tetrazole rings is 1. The number of benzene rings is 1. The van der Waals surface area contributed by atoms with Gasteiger partial charge in [-0.2, -0.15) is 4.68 Å². The van der Waals surface area contributed by atoms with Crippen LogP contribution in [-0.4, -0.2) is 26.1 Å². The van der Waals surface area contributed by atoms with Crippen LogP contribution in [0.3, 0.4) is 0 Å². The van der Waals surface area contributed by atoms with E-state index in [-0.39, 0.29) is 11.6 Å². The Bertz CT molecular complexity index is 766. The molecule has 1 N–H and O–H groups in total. The minimum Gasteiger partial charge on any atom is -0.324 e. The number of carbonyl (C=O) groups excluding carboxylic acids is 1. The molecule has 0 aliphatic heterocycles. The van der Waals surface area contributed by atoms with Crippen LogP contribution in [0.4, 0.5) is 10.1 Å². The maximum atomic E-state index is 14.1. The van der Waals surface area contributed by atoms with Gasteiger partial charge in [0.05, 0.1) is 11.4 Å². The maximum Gasteiger partial charge on any atom is 0.224 e. The van der Waals surface area contributed by atoms with Crippen molar-refractivity contribution in [3.63, 3.8) is 0 Å². The zero-order chi connectivity index (χ0) is 16.7. The predicted octanol–water partition coefficient (Wildman–Crippen LogP) is 3.05. The van der Waals surface area contributed by atoms with Gasteiger partial charge in [0.1, 0.15) is 5.82 Å². The molecular formula is C17H20FN5O. The zero-order valence-corrected chi connectivity index (χ0v) is 13.6. The first-order chi connectivity index (χ1) is 11.6. The largest absolute Gasteiger partial charge is 0.324 e.